The van der Waals surface area contributed by atoms with Gasteiger partial charge < -0.3 is 24.3 Å². The van der Waals surface area contributed by atoms with Gasteiger partial charge in [0.2, 0.25) is 0 Å². The minimum atomic E-state index is 0. The fraction of sp³-hybridized carbons (Fsp3) is 0.625. The first kappa shape index (κ1) is 25.6. The Balaban J connectivity index is 0.00000306. The van der Waals surface area contributed by atoms with Crippen LogP contribution in [0.2, 0.25) is 0 Å². The van der Waals surface area contributed by atoms with Gasteiger partial charge >= 0.3 is 0 Å². The predicted octanol–water partition coefficient (Wildman–Crippen LogP) is 3.40. The van der Waals surface area contributed by atoms with E-state index < -0.39 is 0 Å². The molecule has 1 aromatic heterocycles. The number of fused-ring (bicyclic) bond motifs is 1. The molecule has 9 heteroatoms. The average Bonchev–Trinajstić information content (AvgIpc) is 3.25. The third-order valence-electron chi connectivity index (χ3n) is 6.08. The van der Waals surface area contributed by atoms with Crippen LogP contribution < -0.4 is 14.8 Å². The maximum atomic E-state index is 5.72. The average molecular weight is 569 g/mol. The topological polar surface area (TPSA) is 76.8 Å². The van der Waals surface area contributed by atoms with E-state index in [1.165, 1.54) is 12.0 Å². The van der Waals surface area contributed by atoms with E-state index in [2.05, 4.69) is 57.9 Å². The van der Waals surface area contributed by atoms with Gasteiger partial charge in [0.25, 0.3) is 0 Å². The van der Waals surface area contributed by atoms with Gasteiger partial charge in [-0.2, -0.15) is 0 Å². The van der Waals surface area contributed by atoms with E-state index >= 15 is 0 Å². The number of hydrogen-bond acceptors (Lipinski definition) is 5. The largest absolute Gasteiger partial charge is 0.486 e. The minimum absolute atomic E-state index is 0. The van der Waals surface area contributed by atoms with Gasteiger partial charge in [-0.05, 0) is 42.4 Å². The van der Waals surface area contributed by atoms with Crippen molar-refractivity contribution in [2.45, 2.75) is 46.6 Å². The number of ether oxygens (including phenoxy) is 2. The number of likely N-dealkylation sites (tertiary alicyclic amines) is 1. The Morgan fingerprint density at radius 2 is 1.91 bits per heavy atom. The molecule has 2 aromatic rings. The Bertz CT molecular complexity index is 908. The number of nitrogens with zero attached hydrogens (tertiary/aromatic N) is 5. The standard InChI is InChI=1S/C24H36N6O2.HI/c1-4-23-28-27-17-29(23)10-9-26-24(30-15-18(2)13-19(3)16-30)25-8-7-20-5-6-21-22(14-20)32-12-11-31-21;/h5-6,14,17-19H,4,7-13,15-16H2,1-3H3,(H,25,26);1H. The highest BCUT2D eigenvalue weighted by Crippen LogP contribution is 2.30. The van der Waals surface area contributed by atoms with Gasteiger partial charge in [-0.1, -0.05) is 26.8 Å². The number of benzene rings is 1. The lowest BCUT2D eigenvalue weighted by Crippen LogP contribution is -2.49. The van der Waals surface area contributed by atoms with Crippen LogP contribution in [0.3, 0.4) is 0 Å². The third-order valence-corrected chi connectivity index (χ3v) is 6.08. The van der Waals surface area contributed by atoms with Gasteiger partial charge in [0.15, 0.2) is 17.5 Å². The van der Waals surface area contributed by atoms with E-state index in [0.717, 1.165) is 68.8 Å². The predicted molar refractivity (Wildman–Crippen MR) is 141 cm³/mol. The second-order valence-electron chi connectivity index (χ2n) is 9.01. The van der Waals surface area contributed by atoms with Crippen molar-refractivity contribution in [3.8, 4) is 11.5 Å². The minimum Gasteiger partial charge on any atom is -0.486 e. The van der Waals surface area contributed by atoms with Crippen molar-refractivity contribution in [3.05, 3.63) is 35.9 Å². The number of aromatic nitrogens is 3. The molecule has 0 amide bonds. The van der Waals surface area contributed by atoms with Gasteiger partial charge in [0.05, 0.1) is 0 Å². The fourth-order valence-corrected chi connectivity index (χ4v) is 4.67. The highest BCUT2D eigenvalue weighted by molar-refractivity contribution is 14.0. The summed E-state index contributed by atoms with van der Waals surface area (Å²) in [6.45, 7) is 12.5. The molecule has 0 bridgehead atoms. The number of nitrogens with one attached hydrogen (secondary N) is 1. The number of aliphatic imine (C=N–C) groups is 1. The van der Waals surface area contributed by atoms with Crippen LogP contribution in [-0.2, 0) is 19.4 Å². The number of guanidine groups is 1. The first-order valence-corrected chi connectivity index (χ1v) is 11.9. The Kier molecular flexibility index (Phi) is 9.64. The van der Waals surface area contributed by atoms with E-state index in [1.54, 1.807) is 0 Å². The van der Waals surface area contributed by atoms with E-state index in [9.17, 15) is 0 Å². The molecule has 0 aliphatic carbocycles. The molecule has 1 aromatic carbocycles. The van der Waals surface area contributed by atoms with Crippen LogP contribution in [0.15, 0.2) is 29.5 Å². The van der Waals surface area contributed by atoms with Crippen LogP contribution in [0.1, 0.15) is 38.6 Å². The summed E-state index contributed by atoms with van der Waals surface area (Å²) in [6, 6.07) is 6.20. The molecule has 33 heavy (non-hydrogen) atoms. The molecule has 2 aliphatic heterocycles. The molecule has 1 N–H and O–H groups in total. The molecule has 1 fully saturated rings. The van der Waals surface area contributed by atoms with Crippen molar-refractivity contribution < 1.29 is 9.47 Å². The molecular formula is C24H37IN6O2. The summed E-state index contributed by atoms with van der Waals surface area (Å²) < 4.78 is 13.5. The normalized spacial score (nSPS) is 20.3. The SMILES string of the molecule is CCc1nncn1CCNC(=NCCc1ccc2c(c1)OCCO2)N1CC(C)CC(C)C1.I. The summed E-state index contributed by atoms with van der Waals surface area (Å²) in [5, 5.41) is 11.8. The van der Waals surface area contributed by atoms with E-state index in [4.69, 9.17) is 14.5 Å². The second kappa shape index (κ2) is 12.4. The zero-order valence-corrected chi connectivity index (χ0v) is 22.3. The highest BCUT2D eigenvalue weighted by atomic mass is 127. The molecule has 182 valence electrons. The van der Waals surface area contributed by atoms with Crippen molar-refractivity contribution >= 4 is 29.9 Å². The van der Waals surface area contributed by atoms with Gasteiger partial charge in [0.1, 0.15) is 25.4 Å². The van der Waals surface area contributed by atoms with Crippen molar-refractivity contribution in [1.82, 2.24) is 25.0 Å². The Labute approximate surface area is 214 Å². The summed E-state index contributed by atoms with van der Waals surface area (Å²) in [6.07, 6.45) is 4.84. The van der Waals surface area contributed by atoms with Crippen LogP contribution in [0.25, 0.3) is 0 Å². The maximum absolute atomic E-state index is 5.72. The number of piperidine rings is 1. The zero-order valence-electron chi connectivity index (χ0n) is 20.0. The van der Waals surface area contributed by atoms with Crippen molar-refractivity contribution in [3.63, 3.8) is 0 Å². The highest BCUT2D eigenvalue weighted by Gasteiger charge is 2.24. The van der Waals surface area contributed by atoms with Gasteiger partial charge in [0, 0.05) is 39.1 Å². The number of aryl methyl sites for hydroxylation is 1. The summed E-state index contributed by atoms with van der Waals surface area (Å²) in [4.78, 5) is 7.43. The van der Waals surface area contributed by atoms with E-state index in [0.29, 0.717) is 25.0 Å². The molecule has 0 spiro atoms. The molecule has 0 saturated carbocycles. The Morgan fingerprint density at radius 3 is 2.67 bits per heavy atom. The first-order valence-electron chi connectivity index (χ1n) is 11.9. The molecular weight excluding hydrogens is 531 g/mol. The smallest absolute Gasteiger partial charge is 0.194 e. The molecule has 3 heterocycles. The quantitative estimate of drug-likeness (QED) is 0.314. The van der Waals surface area contributed by atoms with Gasteiger partial charge in [-0.15, -0.1) is 34.2 Å². The molecule has 2 unspecified atom stereocenters. The second-order valence-corrected chi connectivity index (χ2v) is 9.01. The third kappa shape index (κ3) is 6.97. The van der Waals surface area contributed by atoms with Crippen LogP contribution in [-0.4, -0.2) is 65.0 Å². The van der Waals surface area contributed by atoms with Gasteiger partial charge in [-0.25, -0.2) is 0 Å². The molecule has 4 rings (SSSR count). The molecule has 2 aliphatic rings. The molecule has 8 nitrogen and oxygen atoms in total. The Hall–Kier alpha value is -2.04. The number of hydrogen-bond donors (Lipinski definition) is 1. The van der Waals surface area contributed by atoms with Crippen LogP contribution >= 0.6 is 24.0 Å². The lowest BCUT2D eigenvalue weighted by Gasteiger charge is -2.37. The molecule has 1 saturated heterocycles. The van der Waals surface area contributed by atoms with Crippen LogP contribution in [0.5, 0.6) is 11.5 Å². The summed E-state index contributed by atoms with van der Waals surface area (Å²) >= 11 is 0. The maximum Gasteiger partial charge on any atom is 0.194 e. The Morgan fingerprint density at radius 1 is 1.15 bits per heavy atom. The van der Waals surface area contributed by atoms with E-state index in [-0.39, 0.29) is 24.0 Å². The molecule has 0 radical (unpaired) electrons. The number of rotatable bonds is 7. The van der Waals surface area contributed by atoms with Gasteiger partial charge in [-0.3, -0.25) is 4.99 Å². The van der Waals surface area contributed by atoms with Crippen molar-refractivity contribution in [2.24, 2.45) is 16.8 Å². The monoisotopic (exact) mass is 568 g/mol. The summed E-state index contributed by atoms with van der Waals surface area (Å²) in [5.74, 6) is 5.05. The summed E-state index contributed by atoms with van der Waals surface area (Å²) in [7, 11) is 0. The van der Waals surface area contributed by atoms with Crippen LogP contribution in [0, 0.1) is 11.8 Å². The zero-order chi connectivity index (χ0) is 22.3. The first-order chi connectivity index (χ1) is 15.6. The lowest BCUT2D eigenvalue weighted by atomic mass is 9.92. The van der Waals surface area contributed by atoms with Crippen LogP contribution in [0.4, 0.5) is 0 Å². The lowest BCUT2D eigenvalue weighted by molar-refractivity contribution is 0.171. The van der Waals surface area contributed by atoms with Crippen molar-refractivity contribution in [2.75, 3.05) is 39.4 Å². The van der Waals surface area contributed by atoms with Crippen molar-refractivity contribution in [1.29, 1.82) is 0 Å². The molecule has 2 atom stereocenters. The number of halogens is 1. The fourth-order valence-electron chi connectivity index (χ4n) is 4.67. The summed E-state index contributed by atoms with van der Waals surface area (Å²) in [5.41, 5.74) is 1.22. The van der Waals surface area contributed by atoms with E-state index in [1.807, 2.05) is 12.4 Å².